The van der Waals surface area contributed by atoms with E-state index in [0.717, 1.165) is 31.4 Å². The number of amides is 1. The highest BCUT2D eigenvalue weighted by Crippen LogP contribution is 2.08. The fourth-order valence-electron chi connectivity index (χ4n) is 1.90. The summed E-state index contributed by atoms with van der Waals surface area (Å²) in [6.45, 7) is 0. The van der Waals surface area contributed by atoms with E-state index in [1.807, 2.05) is 23.7 Å². The van der Waals surface area contributed by atoms with Crippen LogP contribution in [0.5, 0.6) is 0 Å². The first kappa shape index (κ1) is 17.6. The molecule has 1 rings (SSSR count). The lowest BCUT2D eigenvalue weighted by atomic mass is 10.1. The normalized spacial score (nSPS) is 12.8. The summed E-state index contributed by atoms with van der Waals surface area (Å²) >= 11 is 0. The average Bonchev–Trinajstić information content (AvgIpc) is 2.55. The number of rotatable bonds is 10. The lowest BCUT2D eigenvalue weighted by Crippen LogP contribution is -2.21. The van der Waals surface area contributed by atoms with Gasteiger partial charge in [0.1, 0.15) is 0 Å². The first-order chi connectivity index (χ1) is 10.7. The van der Waals surface area contributed by atoms with E-state index in [1.165, 1.54) is 6.26 Å². The van der Waals surface area contributed by atoms with Crippen molar-refractivity contribution in [2.75, 3.05) is 0 Å². The van der Waals surface area contributed by atoms with Crippen LogP contribution in [-0.2, 0) is 19.3 Å². The minimum absolute atomic E-state index is 0.292. The van der Waals surface area contributed by atoms with E-state index < -0.39 is 0 Å². The lowest BCUT2D eigenvalue weighted by molar-refractivity contribution is -0.149. The Balaban J connectivity index is 1.94. The van der Waals surface area contributed by atoms with Crippen LogP contribution < -0.4 is 11.0 Å². The quantitative estimate of drug-likeness (QED) is 0.364. The molecular weight excluding hydrogens is 286 g/mol. The third-order valence-electron chi connectivity index (χ3n) is 3.02. The molecule has 0 unspecified atom stereocenters. The zero-order valence-electron chi connectivity index (χ0n) is 12.5. The van der Waals surface area contributed by atoms with Crippen molar-refractivity contribution < 1.29 is 19.3 Å². The Morgan fingerprint density at radius 2 is 1.95 bits per heavy atom. The van der Waals surface area contributed by atoms with Crippen molar-refractivity contribution in [3.63, 3.8) is 0 Å². The van der Waals surface area contributed by atoms with E-state index in [9.17, 15) is 9.59 Å². The van der Waals surface area contributed by atoms with Crippen LogP contribution in [0.15, 0.2) is 23.9 Å². The van der Waals surface area contributed by atoms with Crippen molar-refractivity contribution in [3.05, 3.63) is 23.9 Å². The maximum atomic E-state index is 11.5. The maximum absolute atomic E-state index is 11.5. The van der Waals surface area contributed by atoms with E-state index >= 15 is 0 Å². The van der Waals surface area contributed by atoms with Crippen molar-refractivity contribution in [1.82, 2.24) is 11.0 Å². The van der Waals surface area contributed by atoms with E-state index in [2.05, 4.69) is 10.3 Å². The van der Waals surface area contributed by atoms with Crippen molar-refractivity contribution in [1.29, 1.82) is 5.26 Å². The molecule has 0 aromatic heterocycles. The SMILES string of the molecule is N#CONC(=O)CCCCCCC(=O)ONC1=CCCC=C1. The fraction of sp³-hybridized carbons (Fsp3) is 0.533. The number of nitrogens with zero attached hydrogens (tertiary/aromatic N) is 1. The lowest BCUT2D eigenvalue weighted by Gasteiger charge is -2.09. The smallest absolute Gasteiger partial charge is 0.332 e. The standard InChI is InChI=1S/C15H21N3O4/c16-12-21-18-14(19)10-6-1-2-7-11-15(20)22-17-13-8-4-3-5-9-13/h4,8-9,17H,1-3,5-7,10-11H2,(H,18,19). The van der Waals surface area contributed by atoms with E-state index in [0.29, 0.717) is 25.7 Å². The van der Waals surface area contributed by atoms with Gasteiger partial charge >= 0.3 is 12.2 Å². The number of hydroxylamine groups is 2. The zero-order valence-corrected chi connectivity index (χ0v) is 12.5. The number of hydrogen-bond acceptors (Lipinski definition) is 6. The number of nitriles is 1. The van der Waals surface area contributed by atoms with Gasteiger partial charge < -0.3 is 4.84 Å². The highest BCUT2D eigenvalue weighted by atomic mass is 16.7. The molecule has 22 heavy (non-hydrogen) atoms. The van der Waals surface area contributed by atoms with Crippen molar-refractivity contribution >= 4 is 11.9 Å². The van der Waals surface area contributed by atoms with Gasteiger partial charge in [0.25, 0.3) is 5.91 Å². The Hall–Kier alpha value is -2.49. The van der Waals surface area contributed by atoms with E-state index in [4.69, 9.17) is 10.1 Å². The summed E-state index contributed by atoms with van der Waals surface area (Å²) < 4.78 is 0. The zero-order chi connectivity index (χ0) is 16.0. The Morgan fingerprint density at radius 1 is 1.18 bits per heavy atom. The van der Waals surface area contributed by atoms with Gasteiger partial charge in [-0.3, -0.25) is 9.63 Å². The molecule has 0 radical (unpaired) electrons. The van der Waals surface area contributed by atoms with E-state index in [-0.39, 0.29) is 11.9 Å². The minimum atomic E-state index is -0.320. The van der Waals surface area contributed by atoms with Crippen LogP contribution in [0.4, 0.5) is 0 Å². The number of hydrogen-bond donors (Lipinski definition) is 2. The number of carbonyl (C=O) groups is 2. The Morgan fingerprint density at radius 3 is 2.64 bits per heavy atom. The minimum Gasteiger partial charge on any atom is -0.343 e. The van der Waals surface area contributed by atoms with Crippen molar-refractivity contribution in [3.8, 4) is 6.26 Å². The average molecular weight is 307 g/mol. The molecule has 7 heteroatoms. The molecule has 0 heterocycles. The third kappa shape index (κ3) is 8.64. The number of nitrogens with one attached hydrogen (secondary N) is 2. The largest absolute Gasteiger partial charge is 0.343 e. The summed E-state index contributed by atoms with van der Waals surface area (Å²) in [4.78, 5) is 31.7. The third-order valence-corrected chi connectivity index (χ3v) is 3.02. The van der Waals surface area contributed by atoms with Gasteiger partial charge in [0.05, 0.1) is 5.70 Å². The molecular formula is C15H21N3O4. The summed E-state index contributed by atoms with van der Waals surface area (Å²) in [5.41, 5.74) is 5.45. The molecule has 7 nitrogen and oxygen atoms in total. The molecule has 0 fully saturated rings. The topological polar surface area (TPSA) is 100 Å². The van der Waals surface area contributed by atoms with Crippen molar-refractivity contribution in [2.45, 2.75) is 51.4 Å². The van der Waals surface area contributed by atoms with Crippen LogP contribution in [-0.4, -0.2) is 11.9 Å². The first-order valence-corrected chi connectivity index (χ1v) is 7.38. The molecule has 0 bridgehead atoms. The van der Waals surface area contributed by atoms with Gasteiger partial charge in [0.15, 0.2) is 0 Å². The molecule has 0 atom stereocenters. The predicted octanol–water partition coefficient (Wildman–Crippen LogP) is 2.14. The van der Waals surface area contributed by atoms with Gasteiger partial charge in [-0.1, -0.05) is 25.0 Å². The van der Waals surface area contributed by atoms with Gasteiger partial charge in [-0.05, 0) is 31.8 Å². The monoisotopic (exact) mass is 307 g/mol. The van der Waals surface area contributed by atoms with Crippen LogP contribution in [0.2, 0.25) is 0 Å². The van der Waals surface area contributed by atoms with Crippen LogP contribution in [0.25, 0.3) is 0 Å². The van der Waals surface area contributed by atoms with Crippen molar-refractivity contribution in [2.24, 2.45) is 0 Å². The molecule has 0 aromatic carbocycles. The maximum Gasteiger partial charge on any atom is 0.332 e. The van der Waals surface area contributed by atoms with Gasteiger partial charge in [0.2, 0.25) is 0 Å². The van der Waals surface area contributed by atoms with Gasteiger partial charge in [-0.2, -0.15) is 5.48 Å². The molecule has 0 saturated carbocycles. The molecule has 2 N–H and O–H groups in total. The molecule has 1 aliphatic rings. The second-order valence-corrected chi connectivity index (χ2v) is 4.85. The molecule has 1 amide bonds. The summed E-state index contributed by atoms with van der Waals surface area (Å²) in [5, 5.41) is 8.09. The van der Waals surface area contributed by atoms with Gasteiger partial charge in [0, 0.05) is 12.8 Å². The molecule has 0 aromatic rings. The summed E-state index contributed by atoms with van der Waals surface area (Å²) in [5.74, 6) is -0.612. The van der Waals surface area contributed by atoms with Crippen LogP contribution in [0.3, 0.4) is 0 Å². The van der Waals surface area contributed by atoms with Crippen LogP contribution >= 0.6 is 0 Å². The molecule has 120 valence electrons. The van der Waals surface area contributed by atoms with E-state index in [1.54, 1.807) is 0 Å². The second kappa shape index (κ2) is 11.2. The molecule has 0 aliphatic heterocycles. The summed E-state index contributed by atoms with van der Waals surface area (Å²) in [7, 11) is 0. The Labute approximate surface area is 129 Å². The van der Waals surface area contributed by atoms with Gasteiger partial charge in [-0.25, -0.2) is 10.3 Å². The molecule has 1 aliphatic carbocycles. The predicted molar refractivity (Wildman–Crippen MR) is 78.2 cm³/mol. The highest BCUT2D eigenvalue weighted by molar-refractivity contribution is 5.74. The second-order valence-electron chi connectivity index (χ2n) is 4.85. The molecule has 0 spiro atoms. The first-order valence-electron chi connectivity index (χ1n) is 7.38. The summed E-state index contributed by atoms with van der Waals surface area (Å²) in [6, 6.07) is 0. The van der Waals surface area contributed by atoms with Gasteiger partial charge in [-0.15, -0.1) is 5.26 Å². The van der Waals surface area contributed by atoms with Crippen LogP contribution in [0.1, 0.15) is 51.4 Å². The highest BCUT2D eigenvalue weighted by Gasteiger charge is 2.05. The Kier molecular flexibility index (Phi) is 8.94. The fourth-order valence-corrected chi connectivity index (χ4v) is 1.90. The Bertz CT molecular complexity index is 466. The summed E-state index contributed by atoms with van der Waals surface area (Å²) in [6.07, 6.45) is 12.9. The number of unbranched alkanes of at least 4 members (excludes halogenated alkanes) is 3. The number of allylic oxidation sites excluding steroid dienone is 3. The molecule has 0 saturated heterocycles. The van der Waals surface area contributed by atoms with Crippen LogP contribution in [0, 0.1) is 11.5 Å². The number of carbonyl (C=O) groups excluding carboxylic acids is 2.